The Kier molecular flexibility index (Phi) is 4.33. The number of carbonyl (C=O) groups is 1. The van der Waals surface area contributed by atoms with Crippen LogP contribution in [0.1, 0.15) is 62.8 Å². The third kappa shape index (κ3) is 2.96. The van der Waals surface area contributed by atoms with Gasteiger partial charge in [0.05, 0.1) is 6.10 Å². The molecule has 2 aliphatic carbocycles. The van der Waals surface area contributed by atoms with Crippen molar-refractivity contribution in [3.63, 3.8) is 0 Å². The third-order valence-electron chi connectivity index (χ3n) is 6.12. The van der Waals surface area contributed by atoms with Crippen LogP contribution < -0.4 is 0 Å². The minimum Gasteiger partial charge on any atom is -0.423 e. The van der Waals surface area contributed by atoms with Crippen LogP contribution in [0.2, 0.25) is 0 Å². The van der Waals surface area contributed by atoms with Gasteiger partial charge >= 0.3 is 0 Å². The number of carbonyl (C=O) groups excluding carboxylic acids is 1. The SMILES string of the molecule is CO[C@@H]1C[C@H](c2nnc(C)o2)N(C(=O)C2CC2C2CCCCC2)C1. The van der Waals surface area contributed by atoms with Crippen molar-refractivity contribution in [3.8, 4) is 0 Å². The van der Waals surface area contributed by atoms with Crippen LogP contribution in [-0.2, 0) is 9.53 Å². The van der Waals surface area contributed by atoms with Gasteiger partial charge in [0.15, 0.2) is 0 Å². The molecule has 1 aromatic rings. The summed E-state index contributed by atoms with van der Waals surface area (Å²) in [5, 5.41) is 8.08. The fraction of sp³-hybridized carbons (Fsp3) is 0.833. The summed E-state index contributed by atoms with van der Waals surface area (Å²) in [7, 11) is 1.71. The minimum absolute atomic E-state index is 0.0537. The van der Waals surface area contributed by atoms with Crippen LogP contribution in [-0.4, -0.2) is 40.8 Å². The normalized spacial score (nSPS) is 33.8. The second kappa shape index (κ2) is 6.47. The van der Waals surface area contributed by atoms with Gasteiger partial charge in [0.25, 0.3) is 0 Å². The number of aromatic nitrogens is 2. The molecule has 4 atom stereocenters. The average molecular weight is 333 g/mol. The lowest BCUT2D eigenvalue weighted by Crippen LogP contribution is -2.34. The van der Waals surface area contributed by atoms with Gasteiger partial charge in [-0.3, -0.25) is 4.79 Å². The van der Waals surface area contributed by atoms with Crippen molar-refractivity contribution in [2.24, 2.45) is 17.8 Å². The lowest BCUT2D eigenvalue weighted by atomic mass is 9.85. The highest BCUT2D eigenvalue weighted by Gasteiger charge is 2.52. The molecule has 0 spiro atoms. The first kappa shape index (κ1) is 16.1. The summed E-state index contributed by atoms with van der Waals surface area (Å²) in [6, 6.07) is -0.128. The number of hydrogen-bond acceptors (Lipinski definition) is 5. The first-order valence-corrected chi connectivity index (χ1v) is 9.30. The van der Waals surface area contributed by atoms with Gasteiger partial charge in [0.2, 0.25) is 17.7 Å². The monoisotopic (exact) mass is 333 g/mol. The molecule has 0 N–H and O–H groups in total. The van der Waals surface area contributed by atoms with Gasteiger partial charge < -0.3 is 14.1 Å². The molecule has 24 heavy (non-hydrogen) atoms. The maximum atomic E-state index is 13.1. The van der Waals surface area contributed by atoms with Crippen molar-refractivity contribution in [1.82, 2.24) is 15.1 Å². The van der Waals surface area contributed by atoms with E-state index >= 15 is 0 Å². The number of aryl methyl sites for hydroxylation is 1. The molecule has 0 bridgehead atoms. The molecule has 6 nitrogen and oxygen atoms in total. The molecule has 2 heterocycles. The van der Waals surface area contributed by atoms with Crippen molar-refractivity contribution < 1.29 is 13.9 Å². The average Bonchev–Trinajstić information content (AvgIpc) is 3.10. The second-order valence-corrected chi connectivity index (χ2v) is 7.66. The lowest BCUT2D eigenvalue weighted by Gasteiger charge is -2.24. The molecule has 2 unspecified atom stereocenters. The summed E-state index contributed by atoms with van der Waals surface area (Å²) >= 11 is 0. The van der Waals surface area contributed by atoms with E-state index in [1.54, 1.807) is 14.0 Å². The Balaban J connectivity index is 1.46. The molecule has 1 amide bonds. The zero-order valence-electron chi connectivity index (χ0n) is 14.6. The molecular weight excluding hydrogens is 306 g/mol. The van der Waals surface area contributed by atoms with Crippen molar-refractivity contribution in [3.05, 3.63) is 11.8 Å². The summed E-state index contributed by atoms with van der Waals surface area (Å²) in [5.74, 6) is 2.93. The summed E-state index contributed by atoms with van der Waals surface area (Å²) in [5.41, 5.74) is 0. The molecule has 3 fully saturated rings. The largest absolute Gasteiger partial charge is 0.423 e. The Morgan fingerprint density at radius 3 is 2.67 bits per heavy atom. The van der Waals surface area contributed by atoms with Crippen molar-refractivity contribution in [1.29, 1.82) is 0 Å². The second-order valence-electron chi connectivity index (χ2n) is 7.66. The summed E-state index contributed by atoms with van der Waals surface area (Å²) in [6.45, 7) is 2.42. The molecule has 1 saturated heterocycles. The van der Waals surface area contributed by atoms with Crippen LogP contribution in [0.25, 0.3) is 0 Å². The molecule has 2 saturated carbocycles. The van der Waals surface area contributed by atoms with Gasteiger partial charge in [0.1, 0.15) is 6.04 Å². The van der Waals surface area contributed by atoms with Crippen LogP contribution >= 0.6 is 0 Å². The number of ether oxygens (including phenoxy) is 1. The third-order valence-corrected chi connectivity index (χ3v) is 6.12. The van der Waals surface area contributed by atoms with Gasteiger partial charge in [-0.2, -0.15) is 0 Å². The molecule has 6 heteroatoms. The van der Waals surface area contributed by atoms with E-state index in [1.807, 2.05) is 4.90 Å². The minimum atomic E-state index is -0.128. The van der Waals surface area contributed by atoms with Crippen LogP contribution in [0, 0.1) is 24.7 Å². The molecular formula is C18H27N3O3. The van der Waals surface area contributed by atoms with E-state index in [1.165, 1.54) is 32.1 Å². The van der Waals surface area contributed by atoms with E-state index in [-0.39, 0.29) is 24.0 Å². The van der Waals surface area contributed by atoms with Gasteiger partial charge in [-0.05, 0) is 18.3 Å². The Bertz CT molecular complexity index is 596. The molecule has 3 aliphatic rings. The number of likely N-dealkylation sites (tertiary alicyclic amines) is 1. The number of methoxy groups -OCH3 is 1. The lowest BCUT2D eigenvalue weighted by molar-refractivity contribution is -0.134. The van der Waals surface area contributed by atoms with Gasteiger partial charge in [0, 0.05) is 32.9 Å². The Hall–Kier alpha value is -1.43. The molecule has 4 rings (SSSR count). The van der Waals surface area contributed by atoms with E-state index in [2.05, 4.69) is 10.2 Å². The van der Waals surface area contributed by atoms with Crippen LogP contribution in [0.15, 0.2) is 4.42 Å². The number of amides is 1. The van der Waals surface area contributed by atoms with Gasteiger partial charge in [-0.25, -0.2) is 0 Å². The maximum Gasteiger partial charge on any atom is 0.239 e. The highest BCUT2D eigenvalue weighted by atomic mass is 16.5. The van der Waals surface area contributed by atoms with E-state index < -0.39 is 0 Å². The molecule has 1 aliphatic heterocycles. The van der Waals surface area contributed by atoms with Crippen LogP contribution in [0.4, 0.5) is 0 Å². The molecule has 1 aromatic heterocycles. The van der Waals surface area contributed by atoms with Crippen molar-refractivity contribution in [2.45, 2.75) is 64.0 Å². The summed E-state index contributed by atoms with van der Waals surface area (Å²) < 4.78 is 11.1. The first-order valence-electron chi connectivity index (χ1n) is 9.30. The number of hydrogen-bond donors (Lipinski definition) is 0. The predicted octanol–water partition coefficient (Wildman–Crippen LogP) is 2.88. The van der Waals surface area contributed by atoms with E-state index in [4.69, 9.17) is 9.15 Å². The molecule has 0 aromatic carbocycles. The maximum absolute atomic E-state index is 13.1. The zero-order valence-corrected chi connectivity index (χ0v) is 14.6. The highest BCUT2D eigenvalue weighted by molar-refractivity contribution is 5.82. The Labute approximate surface area is 142 Å². The van der Waals surface area contributed by atoms with E-state index in [9.17, 15) is 4.79 Å². The van der Waals surface area contributed by atoms with E-state index in [0.29, 0.717) is 24.2 Å². The molecule has 132 valence electrons. The van der Waals surface area contributed by atoms with Crippen LogP contribution in [0.3, 0.4) is 0 Å². The van der Waals surface area contributed by atoms with Crippen molar-refractivity contribution >= 4 is 5.91 Å². The van der Waals surface area contributed by atoms with Gasteiger partial charge in [-0.1, -0.05) is 32.1 Å². The Morgan fingerprint density at radius 1 is 1.21 bits per heavy atom. The highest BCUT2D eigenvalue weighted by Crippen LogP contribution is 2.51. The smallest absolute Gasteiger partial charge is 0.239 e. The quantitative estimate of drug-likeness (QED) is 0.847. The standard InChI is InChI=1S/C18H27N3O3/c1-11-19-20-17(24-11)16-8-13(23-2)10-21(16)18(22)15-9-14(15)12-6-4-3-5-7-12/h12-16H,3-10H2,1-2H3/t13-,14?,15?,16-/m1/s1. The number of rotatable bonds is 4. The fourth-order valence-corrected chi connectivity index (χ4v) is 4.69. The van der Waals surface area contributed by atoms with Gasteiger partial charge in [-0.15, -0.1) is 10.2 Å². The summed E-state index contributed by atoms with van der Waals surface area (Å²) in [6.07, 6.45) is 8.50. The fourth-order valence-electron chi connectivity index (χ4n) is 4.69. The number of nitrogens with zero attached hydrogens (tertiary/aromatic N) is 3. The first-order chi connectivity index (χ1) is 11.7. The van der Waals surface area contributed by atoms with Crippen molar-refractivity contribution in [2.75, 3.05) is 13.7 Å². The summed E-state index contributed by atoms with van der Waals surface area (Å²) in [4.78, 5) is 15.0. The topological polar surface area (TPSA) is 68.5 Å². The van der Waals surface area contributed by atoms with E-state index in [0.717, 1.165) is 18.8 Å². The predicted molar refractivity (Wildman–Crippen MR) is 87.1 cm³/mol. The Morgan fingerprint density at radius 2 is 2.00 bits per heavy atom. The zero-order chi connectivity index (χ0) is 16.7. The van der Waals surface area contributed by atoms with Crippen LogP contribution in [0.5, 0.6) is 0 Å². The molecule has 0 radical (unpaired) electrons.